The van der Waals surface area contributed by atoms with E-state index in [1.807, 2.05) is 0 Å². The van der Waals surface area contributed by atoms with Gasteiger partial charge in [-0.15, -0.1) is 0 Å². The number of aliphatic hydroxyl groups excluding tert-OH is 1. The van der Waals surface area contributed by atoms with Crippen LogP contribution in [0.3, 0.4) is 0 Å². The summed E-state index contributed by atoms with van der Waals surface area (Å²) >= 11 is 0. The molecule has 41 heavy (non-hydrogen) atoms. The largest absolute Gasteiger partial charge is 0.488 e. The van der Waals surface area contributed by atoms with Gasteiger partial charge in [0.25, 0.3) is 5.91 Å². The number of amides is 1. The van der Waals surface area contributed by atoms with E-state index in [9.17, 15) is 22.9 Å². The number of hydrogen-bond acceptors (Lipinski definition) is 11. The van der Waals surface area contributed by atoms with Gasteiger partial charge in [0.05, 0.1) is 49.0 Å². The first-order valence-corrected chi connectivity index (χ1v) is 16.0. The molecule has 0 unspecified atom stereocenters. The highest BCUT2D eigenvalue weighted by Gasteiger charge is 2.25. The predicted octanol–water partition coefficient (Wildman–Crippen LogP) is 5.09. The van der Waals surface area contributed by atoms with Gasteiger partial charge in [-0.2, -0.15) is 0 Å². The number of carbonyl (C=O) groups excluding carboxylic acids is 1. The van der Waals surface area contributed by atoms with Crippen molar-refractivity contribution < 1.29 is 41.4 Å². The molecule has 1 heterocycles. The summed E-state index contributed by atoms with van der Waals surface area (Å²) in [6.07, 6.45) is 3.18. The van der Waals surface area contributed by atoms with Gasteiger partial charge >= 0.3 is 7.60 Å². The SMILES string of the molecule is C.CCOP(=O)(Cc1cnc(NC(=O)c2cc(Oc3ccc(S(C)(=O)=O)cc3)cc(O[C@@H](C)CO)c2)cn1)OCC. The lowest BCUT2D eigenvalue weighted by atomic mass is 10.2. The number of nitrogens with one attached hydrogen (secondary N) is 1. The van der Waals surface area contributed by atoms with Gasteiger partial charge in [0, 0.05) is 17.9 Å². The second-order valence-electron chi connectivity index (χ2n) is 8.60. The van der Waals surface area contributed by atoms with Gasteiger partial charge < -0.3 is 28.9 Å². The summed E-state index contributed by atoms with van der Waals surface area (Å²) < 4.78 is 58.3. The van der Waals surface area contributed by atoms with E-state index in [-0.39, 0.29) is 61.2 Å². The Morgan fingerprint density at radius 1 is 1.00 bits per heavy atom. The molecule has 0 bridgehead atoms. The summed E-state index contributed by atoms with van der Waals surface area (Å²) in [4.78, 5) is 21.6. The van der Waals surface area contributed by atoms with Crippen molar-refractivity contribution in [2.24, 2.45) is 0 Å². The Labute approximate surface area is 240 Å². The van der Waals surface area contributed by atoms with Crippen LogP contribution in [-0.4, -0.2) is 61.6 Å². The van der Waals surface area contributed by atoms with Gasteiger partial charge in [-0.05, 0) is 57.2 Å². The maximum absolute atomic E-state index is 13.1. The number of sulfone groups is 1. The van der Waals surface area contributed by atoms with Crippen LogP contribution >= 0.6 is 7.60 Å². The number of aliphatic hydroxyl groups is 1. The Bertz CT molecular complexity index is 1440. The van der Waals surface area contributed by atoms with Gasteiger partial charge in [-0.25, -0.2) is 13.4 Å². The summed E-state index contributed by atoms with van der Waals surface area (Å²) in [7, 11) is -6.73. The number of rotatable bonds is 14. The van der Waals surface area contributed by atoms with E-state index < -0.39 is 29.4 Å². The number of benzene rings is 2. The molecule has 2 N–H and O–H groups in total. The minimum absolute atomic E-state index is 0. The van der Waals surface area contributed by atoms with Crippen LogP contribution in [0.25, 0.3) is 0 Å². The molecule has 0 saturated heterocycles. The summed E-state index contributed by atoms with van der Waals surface area (Å²) in [6, 6.07) is 10.3. The van der Waals surface area contributed by atoms with Crippen molar-refractivity contribution in [1.29, 1.82) is 0 Å². The quantitative estimate of drug-likeness (QED) is 0.234. The van der Waals surface area contributed by atoms with Crippen molar-refractivity contribution in [3.63, 3.8) is 0 Å². The second-order valence-corrected chi connectivity index (χ2v) is 12.7. The summed E-state index contributed by atoms with van der Waals surface area (Å²) in [5, 5.41) is 12.0. The molecule has 1 atom stereocenters. The predicted molar refractivity (Wildman–Crippen MR) is 155 cm³/mol. The van der Waals surface area contributed by atoms with Crippen LogP contribution in [0.5, 0.6) is 17.2 Å². The molecule has 0 spiro atoms. The Kier molecular flexibility index (Phi) is 12.4. The van der Waals surface area contributed by atoms with Crippen molar-refractivity contribution in [2.45, 2.75) is 45.4 Å². The standard InChI is InChI=1S/C26H32N3O9PS.CH4/c1-5-35-39(32,36-6-2)17-20-14-28-25(15-27-20)29-26(31)19-11-22(37-18(3)16-30)13-23(12-19)38-21-7-9-24(10-8-21)40(4,33)34;/h7-15,18,30H,5-6,16-17H2,1-4H3,(H,28,29,31);1H4/t18-;/m0./s1. The van der Waals surface area contributed by atoms with E-state index >= 15 is 0 Å². The van der Waals surface area contributed by atoms with E-state index in [0.29, 0.717) is 11.4 Å². The van der Waals surface area contributed by atoms with Gasteiger partial charge in [0.1, 0.15) is 23.4 Å². The summed E-state index contributed by atoms with van der Waals surface area (Å²) in [5.74, 6) is 0.440. The van der Waals surface area contributed by atoms with E-state index in [1.165, 1.54) is 54.9 Å². The number of carbonyl (C=O) groups is 1. The van der Waals surface area contributed by atoms with Gasteiger partial charge in [0.15, 0.2) is 15.7 Å². The van der Waals surface area contributed by atoms with Crippen LogP contribution in [0.2, 0.25) is 0 Å². The van der Waals surface area contributed by atoms with E-state index in [2.05, 4.69) is 15.3 Å². The molecule has 2 aromatic carbocycles. The average Bonchev–Trinajstić information content (AvgIpc) is 2.89. The van der Waals surface area contributed by atoms with Crippen molar-refractivity contribution >= 4 is 29.2 Å². The molecule has 0 fully saturated rings. The van der Waals surface area contributed by atoms with Crippen molar-refractivity contribution in [2.75, 3.05) is 31.4 Å². The Balaban J connectivity index is 0.00000588. The van der Waals surface area contributed by atoms with Crippen LogP contribution in [-0.2, 0) is 29.6 Å². The fourth-order valence-electron chi connectivity index (χ4n) is 3.40. The molecule has 0 saturated carbocycles. The molecular formula is C27H36N3O9PS. The first-order valence-electron chi connectivity index (χ1n) is 12.4. The number of anilines is 1. The zero-order valence-electron chi connectivity index (χ0n) is 22.6. The van der Waals surface area contributed by atoms with E-state index in [0.717, 1.165) is 6.26 Å². The average molecular weight is 610 g/mol. The smallest absolute Gasteiger partial charge is 0.336 e. The first-order chi connectivity index (χ1) is 18.9. The molecule has 0 aliphatic rings. The highest BCUT2D eigenvalue weighted by Crippen LogP contribution is 2.50. The third-order valence-corrected chi connectivity index (χ3v) is 8.32. The third kappa shape index (κ3) is 10.2. The zero-order chi connectivity index (χ0) is 29.3. The monoisotopic (exact) mass is 609 g/mol. The van der Waals surface area contributed by atoms with Crippen LogP contribution in [0.15, 0.2) is 59.8 Å². The molecule has 0 aliphatic heterocycles. The number of nitrogens with zero attached hydrogens (tertiary/aromatic N) is 2. The highest BCUT2D eigenvalue weighted by molar-refractivity contribution is 7.90. The van der Waals surface area contributed by atoms with Crippen molar-refractivity contribution in [3.05, 3.63) is 66.1 Å². The summed E-state index contributed by atoms with van der Waals surface area (Å²) in [5.41, 5.74) is 0.530. The Hall–Kier alpha value is -3.35. The van der Waals surface area contributed by atoms with Gasteiger partial charge in [-0.1, -0.05) is 7.43 Å². The lowest BCUT2D eigenvalue weighted by Gasteiger charge is -2.16. The fourth-order valence-corrected chi connectivity index (χ4v) is 5.63. The van der Waals surface area contributed by atoms with Crippen LogP contribution in [0.4, 0.5) is 5.82 Å². The van der Waals surface area contributed by atoms with E-state index in [4.69, 9.17) is 18.5 Å². The maximum Gasteiger partial charge on any atom is 0.336 e. The normalized spacial score (nSPS) is 12.2. The zero-order valence-corrected chi connectivity index (χ0v) is 24.3. The highest BCUT2D eigenvalue weighted by atomic mass is 32.2. The molecule has 12 nitrogen and oxygen atoms in total. The van der Waals surface area contributed by atoms with Crippen LogP contribution in [0.1, 0.15) is 44.2 Å². The molecule has 1 aromatic heterocycles. The van der Waals surface area contributed by atoms with Crippen LogP contribution in [0, 0.1) is 0 Å². The topological polar surface area (TPSA) is 163 Å². The second kappa shape index (κ2) is 15.0. The molecule has 3 aromatic rings. The third-order valence-electron chi connectivity index (χ3n) is 5.18. The number of hydrogen-bond donors (Lipinski definition) is 2. The lowest BCUT2D eigenvalue weighted by molar-refractivity contribution is 0.102. The van der Waals surface area contributed by atoms with Crippen molar-refractivity contribution in [1.82, 2.24) is 9.97 Å². The molecule has 224 valence electrons. The minimum Gasteiger partial charge on any atom is -0.488 e. The molecule has 3 rings (SSSR count). The van der Waals surface area contributed by atoms with Gasteiger partial charge in [-0.3, -0.25) is 14.3 Å². The Morgan fingerprint density at radius 3 is 2.17 bits per heavy atom. The molecule has 0 aliphatic carbocycles. The number of aromatic nitrogens is 2. The Morgan fingerprint density at radius 2 is 1.63 bits per heavy atom. The maximum atomic E-state index is 13.1. The molecule has 1 amide bonds. The first kappa shape index (κ1) is 33.9. The molecular weight excluding hydrogens is 573 g/mol. The molecule has 14 heteroatoms. The van der Waals surface area contributed by atoms with Crippen LogP contribution < -0.4 is 14.8 Å². The lowest BCUT2D eigenvalue weighted by Crippen LogP contribution is -2.17. The van der Waals surface area contributed by atoms with Gasteiger partial charge in [0.2, 0.25) is 0 Å². The molecule has 0 radical (unpaired) electrons. The fraction of sp³-hybridized carbons (Fsp3) is 0.370. The van der Waals surface area contributed by atoms with E-state index in [1.54, 1.807) is 20.8 Å². The minimum atomic E-state index is -3.37. The number of ether oxygens (including phenoxy) is 2. The van der Waals surface area contributed by atoms with Crippen molar-refractivity contribution in [3.8, 4) is 17.2 Å². The summed E-state index contributed by atoms with van der Waals surface area (Å²) in [6.45, 7) is 5.27.